The van der Waals surface area contributed by atoms with Gasteiger partial charge in [0, 0.05) is 0 Å². The van der Waals surface area contributed by atoms with Crippen molar-refractivity contribution in [2.45, 2.75) is 19.1 Å². The molecule has 0 aromatic heterocycles. The van der Waals surface area contributed by atoms with Crippen LogP contribution in [0.5, 0.6) is 0 Å². The van der Waals surface area contributed by atoms with Crippen LogP contribution in [-0.4, -0.2) is 11.2 Å². The standard InChI is InChI=1S/C9H10Cl2FNO/c1-4(14)9(13)6-2-5(12)3-7(10)8(6)11/h2-4,9,14H,13H2,1H3. The maximum absolute atomic E-state index is 13.0. The molecule has 0 aliphatic rings. The zero-order chi connectivity index (χ0) is 10.9. The highest BCUT2D eigenvalue weighted by molar-refractivity contribution is 6.42. The molecule has 2 nitrogen and oxygen atoms in total. The molecule has 0 fully saturated rings. The first kappa shape index (κ1) is 11.7. The Bertz CT molecular complexity index is 344. The third kappa shape index (κ3) is 2.36. The molecule has 3 N–H and O–H groups in total. The Kier molecular flexibility index (Phi) is 3.72. The van der Waals surface area contributed by atoms with Crippen molar-refractivity contribution in [3.05, 3.63) is 33.6 Å². The average Bonchev–Trinajstić information content (AvgIpc) is 2.09. The van der Waals surface area contributed by atoms with E-state index in [1.807, 2.05) is 0 Å². The van der Waals surface area contributed by atoms with Crippen LogP contribution in [0.3, 0.4) is 0 Å². The van der Waals surface area contributed by atoms with Crippen LogP contribution in [0.25, 0.3) is 0 Å². The van der Waals surface area contributed by atoms with Crippen LogP contribution in [-0.2, 0) is 0 Å². The van der Waals surface area contributed by atoms with Crippen molar-refractivity contribution in [1.82, 2.24) is 0 Å². The highest BCUT2D eigenvalue weighted by atomic mass is 35.5. The first-order chi connectivity index (χ1) is 6.43. The molecule has 0 amide bonds. The van der Waals surface area contributed by atoms with Crippen LogP contribution < -0.4 is 5.73 Å². The van der Waals surface area contributed by atoms with Gasteiger partial charge in [-0.05, 0) is 24.6 Å². The molecule has 0 aliphatic carbocycles. The first-order valence-electron chi connectivity index (χ1n) is 4.01. The van der Waals surface area contributed by atoms with E-state index >= 15 is 0 Å². The van der Waals surface area contributed by atoms with Crippen molar-refractivity contribution < 1.29 is 9.50 Å². The quantitative estimate of drug-likeness (QED) is 0.777. The third-order valence-corrected chi connectivity index (χ3v) is 2.72. The predicted molar refractivity (Wildman–Crippen MR) is 55.0 cm³/mol. The summed E-state index contributed by atoms with van der Waals surface area (Å²) in [4.78, 5) is 0. The number of nitrogens with two attached hydrogens (primary N) is 1. The predicted octanol–water partition coefficient (Wildman–Crippen LogP) is 2.51. The van der Waals surface area contributed by atoms with E-state index in [9.17, 15) is 9.50 Å². The van der Waals surface area contributed by atoms with Gasteiger partial charge in [0.25, 0.3) is 0 Å². The van der Waals surface area contributed by atoms with Crippen molar-refractivity contribution in [2.75, 3.05) is 0 Å². The lowest BCUT2D eigenvalue weighted by molar-refractivity contribution is 0.164. The smallest absolute Gasteiger partial charge is 0.125 e. The molecule has 0 radical (unpaired) electrons. The minimum Gasteiger partial charge on any atom is -0.391 e. The zero-order valence-electron chi connectivity index (χ0n) is 7.47. The summed E-state index contributed by atoms with van der Waals surface area (Å²) in [5, 5.41) is 9.51. The maximum Gasteiger partial charge on any atom is 0.125 e. The second kappa shape index (κ2) is 4.45. The van der Waals surface area contributed by atoms with Gasteiger partial charge >= 0.3 is 0 Å². The summed E-state index contributed by atoms with van der Waals surface area (Å²) in [5.41, 5.74) is 5.93. The van der Waals surface area contributed by atoms with Gasteiger partial charge in [-0.1, -0.05) is 23.2 Å². The van der Waals surface area contributed by atoms with Crippen molar-refractivity contribution >= 4 is 23.2 Å². The Morgan fingerprint density at radius 1 is 1.43 bits per heavy atom. The fourth-order valence-corrected chi connectivity index (χ4v) is 1.53. The minimum absolute atomic E-state index is 0.0952. The highest BCUT2D eigenvalue weighted by Crippen LogP contribution is 2.31. The summed E-state index contributed by atoms with van der Waals surface area (Å²) in [6.45, 7) is 1.50. The topological polar surface area (TPSA) is 46.2 Å². The molecule has 0 bridgehead atoms. The van der Waals surface area contributed by atoms with Crippen molar-refractivity contribution in [1.29, 1.82) is 0 Å². The fourth-order valence-electron chi connectivity index (χ4n) is 1.08. The minimum atomic E-state index is -0.814. The van der Waals surface area contributed by atoms with Gasteiger partial charge in [-0.25, -0.2) is 4.39 Å². The van der Waals surface area contributed by atoms with Crippen LogP contribution in [0.2, 0.25) is 10.0 Å². The highest BCUT2D eigenvalue weighted by Gasteiger charge is 2.18. The number of aliphatic hydroxyl groups is 1. The summed E-state index contributed by atoms with van der Waals surface area (Å²) >= 11 is 11.5. The second-order valence-corrected chi connectivity index (χ2v) is 3.84. The number of aliphatic hydroxyl groups excluding tert-OH is 1. The summed E-state index contributed by atoms with van der Waals surface area (Å²) in [7, 11) is 0. The molecule has 0 spiro atoms. The molecule has 2 atom stereocenters. The normalized spacial score (nSPS) is 15.3. The van der Waals surface area contributed by atoms with Crippen molar-refractivity contribution in [3.63, 3.8) is 0 Å². The lowest BCUT2D eigenvalue weighted by Crippen LogP contribution is -2.23. The molecule has 0 saturated carbocycles. The number of benzene rings is 1. The van der Waals surface area contributed by atoms with E-state index in [4.69, 9.17) is 28.9 Å². The first-order valence-corrected chi connectivity index (χ1v) is 4.77. The molecule has 1 aromatic rings. The van der Waals surface area contributed by atoms with E-state index in [-0.39, 0.29) is 10.0 Å². The van der Waals surface area contributed by atoms with Gasteiger partial charge in [0.05, 0.1) is 22.2 Å². The largest absolute Gasteiger partial charge is 0.391 e. The van der Waals surface area contributed by atoms with Crippen LogP contribution in [0.15, 0.2) is 12.1 Å². The number of halogens is 3. The van der Waals surface area contributed by atoms with Crippen LogP contribution in [0.4, 0.5) is 4.39 Å². The second-order valence-electron chi connectivity index (χ2n) is 3.06. The molecule has 1 rings (SSSR count). The molecular formula is C9H10Cl2FNO. The maximum atomic E-state index is 13.0. The van der Waals surface area contributed by atoms with Gasteiger partial charge in [0.1, 0.15) is 5.82 Å². The summed E-state index contributed by atoms with van der Waals surface area (Å²) < 4.78 is 13.0. The van der Waals surface area contributed by atoms with Gasteiger partial charge in [-0.3, -0.25) is 0 Å². The summed E-state index contributed by atoms with van der Waals surface area (Å²) in [5.74, 6) is -0.523. The lowest BCUT2D eigenvalue weighted by Gasteiger charge is -2.17. The fraction of sp³-hybridized carbons (Fsp3) is 0.333. The van der Waals surface area contributed by atoms with Gasteiger partial charge in [-0.2, -0.15) is 0 Å². The van der Waals surface area contributed by atoms with E-state index in [2.05, 4.69) is 0 Å². The zero-order valence-corrected chi connectivity index (χ0v) is 8.98. The van der Waals surface area contributed by atoms with Crippen LogP contribution >= 0.6 is 23.2 Å². The monoisotopic (exact) mass is 237 g/mol. The summed E-state index contributed by atoms with van der Waals surface area (Å²) in [6, 6.07) is 1.53. The molecule has 0 saturated heterocycles. The Hall–Kier alpha value is -0.350. The lowest BCUT2D eigenvalue weighted by atomic mass is 10.0. The van der Waals surface area contributed by atoms with E-state index < -0.39 is 18.0 Å². The molecule has 2 unspecified atom stereocenters. The Morgan fingerprint density at radius 3 is 2.50 bits per heavy atom. The van der Waals surface area contributed by atoms with E-state index in [1.165, 1.54) is 13.0 Å². The van der Waals surface area contributed by atoms with E-state index in [0.29, 0.717) is 5.56 Å². The molecule has 0 heterocycles. The van der Waals surface area contributed by atoms with Gasteiger partial charge in [0.15, 0.2) is 0 Å². The van der Waals surface area contributed by atoms with Gasteiger partial charge in [-0.15, -0.1) is 0 Å². The summed E-state index contributed by atoms with van der Waals surface area (Å²) in [6.07, 6.45) is -0.814. The molecule has 0 aliphatic heterocycles. The number of rotatable bonds is 2. The van der Waals surface area contributed by atoms with E-state index in [1.54, 1.807) is 0 Å². The van der Waals surface area contributed by atoms with Crippen molar-refractivity contribution in [2.24, 2.45) is 5.73 Å². The molecule has 5 heteroatoms. The molecule has 1 aromatic carbocycles. The molecule has 78 valence electrons. The van der Waals surface area contributed by atoms with E-state index in [0.717, 1.165) is 6.07 Å². The average molecular weight is 238 g/mol. The van der Waals surface area contributed by atoms with Crippen LogP contribution in [0, 0.1) is 5.82 Å². The Balaban J connectivity index is 3.20. The Morgan fingerprint density at radius 2 is 2.00 bits per heavy atom. The molecule has 14 heavy (non-hydrogen) atoms. The molecular weight excluding hydrogens is 228 g/mol. The van der Waals surface area contributed by atoms with Crippen molar-refractivity contribution in [3.8, 4) is 0 Å². The SMILES string of the molecule is CC(O)C(N)c1cc(F)cc(Cl)c1Cl. The van der Waals surface area contributed by atoms with Gasteiger partial charge < -0.3 is 10.8 Å². The number of hydrogen-bond donors (Lipinski definition) is 2. The van der Waals surface area contributed by atoms with Gasteiger partial charge in [0.2, 0.25) is 0 Å². The Labute approximate surface area is 91.4 Å². The third-order valence-electron chi connectivity index (χ3n) is 1.90. The van der Waals surface area contributed by atoms with Crippen LogP contribution in [0.1, 0.15) is 18.5 Å². The number of hydrogen-bond acceptors (Lipinski definition) is 2.